The zero-order valence-electron chi connectivity index (χ0n) is 15.6. The van der Waals surface area contributed by atoms with Crippen molar-refractivity contribution in [1.29, 1.82) is 0 Å². The Kier molecular flexibility index (Phi) is 5.49. The molecule has 0 aliphatic carbocycles. The van der Waals surface area contributed by atoms with E-state index in [4.69, 9.17) is 0 Å². The van der Waals surface area contributed by atoms with Crippen molar-refractivity contribution in [3.05, 3.63) is 70.7 Å². The monoisotopic (exact) mass is 365 g/mol. The SMILES string of the molecule is CC(C)C[C@H](NC(=O)c1cccc(-c2ccc[nH]c2=O)c1)c1ncnn1C. The third-order valence-electron chi connectivity index (χ3n) is 4.32. The van der Waals surface area contributed by atoms with Crippen molar-refractivity contribution in [2.24, 2.45) is 13.0 Å². The second kappa shape index (κ2) is 7.99. The van der Waals surface area contributed by atoms with Crippen molar-refractivity contribution in [1.82, 2.24) is 25.1 Å². The van der Waals surface area contributed by atoms with E-state index < -0.39 is 0 Å². The summed E-state index contributed by atoms with van der Waals surface area (Å²) in [5.41, 5.74) is 1.53. The van der Waals surface area contributed by atoms with E-state index in [0.717, 1.165) is 6.42 Å². The van der Waals surface area contributed by atoms with Gasteiger partial charge in [-0.05, 0) is 42.2 Å². The zero-order chi connectivity index (χ0) is 19.4. The number of aryl methyl sites for hydroxylation is 1. The number of carbonyl (C=O) groups is 1. The molecule has 7 nitrogen and oxygen atoms in total. The van der Waals surface area contributed by atoms with Crippen LogP contribution in [0.5, 0.6) is 0 Å². The quantitative estimate of drug-likeness (QED) is 0.702. The molecule has 0 aliphatic rings. The van der Waals surface area contributed by atoms with E-state index in [2.05, 4.69) is 34.2 Å². The van der Waals surface area contributed by atoms with Gasteiger partial charge in [0.15, 0.2) is 0 Å². The highest BCUT2D eigenvalue weighted by Gasteiger charge is 2.21. The lowest BCUT2D eigenvalue weighted by Crippen LogP contribution is -2.31. The summed E-state index contributed by atoms with van der Waals surface area (Å²) in [6, 6.07) is 10.3. The molecule has 0 aliphatic heterocycles. The van der Waals surface area contributed by atoms with Gasteiger partial charge in [0, 0.05) is 24.4 Å². The first-order valence-electron chi connectivity index (χ1n) is 8.88. The Morgan fingerprint density at radius 3 is 2.74 bits per heavy atom. The van der Waals surface area contributed by atoms with Crippen molar-refractivity contribution in [3.8, 4) is 11.1 Å². The molecule has 0 fully saturated rings. The Morgan fingerprint density at radius 2 is 2.07 bits per heavy atom. The van der Waals surface area contributed by atoms with Gasteiger partial charge in [0.25, 0.3) is 11.5 Å². The molecule has 0 unspecified atom stereocenters. The smallest absolute Gasteiger partial charge is 0.255 e. The van der Waals surface area contributed by atoms with E-state index in [1.807, 2.05) is 13.1 Å². The van der Waals surface area contributed by atoms with E-state index in [1.54, 1.807) is 41.2 Å². The standard InChI is InChI=1S/C20H23N5O2/c1-13(2)10-17(18-22-12-23-25(18)3)24-19(26)15-7-4-6-14(11-15)16-8-5-9-21-20(16)27/h4-9,11-13,17H,10H2,1-3H3,(H,21,27)(H,24,26)/t17-/m0/s1. The third-order valence-corrected chi connectivity index (χ3v) is 4.32. The molecule has 0 saturated carbocycles. The summed E-state index contributed by atoms with van der Waals surface area (Å²) in [5, 5.41) is 7.16. The van der Waals surface area contributed by atoms with E-state index in [0.29, 0.717) is 28.4 Å². The first-order chi connectivity index (χ1) is 13.0. The zero-order valence-corrected chi connectivity index (χ0v) is 15.6. The fourth-order valence-electron chi connectivity index (χ4n) is 3.04. The Morgan fingerprint density at radius 1 is 1.26 bits per heavy atom. The number of H-pyrrole nitrogens is 1. The van der Waals surface area contributed by atoms with Crippen LogP contribution in [0.4, 0.5) is 0 Å². The van der Waals surface area contributed by atoms with Gasteiger partial charge in [-0.2, -0.15) is 5.10 Å². The van der Waals surface area contributed by atoms with Crippen LogP contribution in [-0.2, 0) is 7.05 Å². The van der Waals surface area contributed by atoms with Crippen LogP contribution in [0.1, 0.15) is 42.5 Å². The van der Waals surface area contributed by atoms with Crippen molar-refractivity contribution in [3.63, 3.8) is 0 Å². The molecular formula is C20H23N5O2. The summed E-state index contributed by atoms with van der Waals surface area (Å²) >= 11 is 0. The van der Waals surface area contributed by atoms with Gasteiger partial charge < -0.3 is 10.3 Å². The summed E-state index contributed by atoms with van der Waals surface area (Å²) in [5.74, 6) is 0.881. The van der Waals surface area contributed by atoms with Gasteiger partial charge >= 0.3 is 0 Å². The number of rotatable bonds is 6. The molecule has 1 aromatic carbocycles. The van der Waals surface area contributed by atoms with E-state index in [9.17, 15) is 9.59 Å². The van der Waals surface area contributed by atoms with Crippen LogP contribution in [0, 0.1) is 5.92 Å². The summed E-state index contributed by atoms with van der Waals surface area (Å²) in [6.07, 6.45) is 3.81. The van der Waals surface area contributed by atoms with Crippen LogP contribution in [0.2, 0.25) is 0 Å². The number of nitrogens with one attached hydrogen (secondary N) is 2. The van der Waals surface area contributed by atoms with Gasteiger partial charge in [-0.3, -0.25) is 14.3 Å². The van der Waals surface area contributed by atoms with E-state index in [1.165, 1.54) is 6.33 Å². The van der Waals surface area contributed by atoms with Crippen molar-refractivity contribution in [2.45, 2.75) is 26.3 Å². The highest BCUT2D eigenvalue weighted by Crippen LogP contribution is 2.21. The third kappa shape index (κ3) is 4.31. The van der Waals surface area contributed by atoms with Gasteiger partial charge in [-0.15, -0.1) is 0 Å². The molecule has 2 heterocycles. The van der Waals surface area contributed by atoms with Gasteiger partial charge in [-0.1, -0.05) is 26.0 Å². The second-order valence-corrected chi connectivity index (χ2v) is 6.89. The number of benzene rings is 1. The van der Waals surface area contributed by atoms with Gasteiger partial charge in [0.1, 0.15) is 12.2 Å². The Hall–Kier alpha value is -3.22. The van der Waals surface area contributed by atoms with Crippen molar-refractivity contribution in [2.75, 3.05) is 0 Å². The fraction of sp³-hybridized carbons (Fsp3) is 0.300. The Labute approximate surface area is 157 Å². The first-order valence-corrected chi connectivity index (χ1v) is 8.88. The minimum atomic E-state index is -0.242. The number of aromatic nitrogens is 4. The van der Waals surface area contributed by atoms with Crippen molar-refractivity contribution < 1.29 is 4.79 Å². The van der Waals surface area contributed by atoms with Gasteiger partial charge in [-0.25, -0.2) is 4.98 Å². The molecule has 0 radical (unpaired) electrons. The minimum absolute atomic E-state index is 0.188. The molecule has 2 N–H and O–H groups in total. The topological polar surface area (TPSA) is 92.7 Å². The largest absolute Gasteiger partial charge is 0.342 e. The molecule has 7 heteroatoms. The lowest BCUT2D eigenvalue weighted by molar-refractivity contribution is 0.0929. The number of pyridine rings is 1. The van der Waals surface area contributed by atoms with Crippen molar-refractivity contribution >= 4 is 5.91 Å². The molecule has 1 atom stereocenters. The highest BCUT2D eigenvalue weighted by atomic mass is 16.1. The lowest BCUT2D eigenvalue weighted by atomic mass is 10.0. The molecule has 2 aromatic heterocycles. The number of hydrogen-bond donors (Lipinski definition) is 2. The average molecular weight is 365 g/mol. The summed E-state index contributed by atoms with van der Waals surface area (Å²) in [7, 11) is 1.81. The van der Waals surface area contributed by atoms with Gasteiger partial charge in [0.2, 0.25) is 0 Å². The number of hydrogen-bond acceptors (Lipinski definition) is 4. The number of nitrogens with zero attached hydrogens (tertiary/aromatic N) is 3. The first kappa shape index (κ1) is 18.6. The molecule has 0 bridgehead atoms. The second-order valence-electron chi connectivity index (χ2n) is 6.89. The summed E-state index contributed by atoms with van der Waals surface area (Å²) in [4.78, 5) is 31.8. The molecule has 3 aromatic rings. The number of carbonyl (C=O) groups excluding carboxylic acids is 1. The molecule has 3 rings (SSSR count). The highest BCUT2D eigenvalue weighted by molar-refractivity contribution is 5.95. The van der Waals surface area contributed by atoms with E-state index in [-0.39, 0.29) is 17.5 Å². The maximum atomic E-state index is 12.9. The molecule has 0 saturated heterocycles. The molecule has 0 spiro atoms. The normalized spacial score (nSPS) is 12.1. The van der Waals surface area contributed by atoms with Crippen LogP contribution in [0.25, 0.3) is 11.1 Å². The Balaban J connectivity index is 1.87. The van der Waals surface area contributed by atoms with Gasteiger partial charge in [0.05, 0.1) is 6.04 Å². The summed E-state index contributed by atoms with van der Waals surface area (Å²) in [6.45, 7) is 4.19. The number of amides is 1. The van der Waals surface area contributed by atoms with Crippen LogP contribution in [0.15, 0.2) is 53.7 Å². The predicted molar refractivity (Wildman–Crippen MR) is 103 cm³/mol. The number of aromatic amines is 1. The summed E-state index contributed by atoms with van der Waals surface area (Å²) < 4.78 is 1.67. The molecule has 27 heavy (non-hydrogen) atoms. The predicted octanol–water partition coefficient (Wildman–Crippen LogP) is 2.69. The maximum absolute atomic E-state index is 12.9. The molecule has 1 amide bonds. The lowest BCUT2D eigenvalue weighted by Gasteiger charge is -2.20. The van der Waals surface area contributed by atoms with Crippen LogP contribution in [0.3, 0.4) is 0 Å². The molecular weight excluding hydrogens is 342 g/mol. The van der Waals surface area contributed by atoms with Crippen LogP contribution < -0.4 is 10.9 Å². The Bertz CT molecular complexity index is 990. The van der Waals surface area contributed by atoms with E-state index >= 15 is 0 Å². The minimum Gasteiger partial charge on any atom is -0.342 e. The van der Waals surface area contributed by atoms with Crippen LogP contribution >= 0.6 is 0 Å². The van der Waals surface area contributed by atoms with Crippen LogP contribution in [-0.4, -0.2) is 25.7 Å². The average Bonchev–Trinajstić information content (AvgIpc) is 3.07. The fourth-order valence-corrected chi connectivity index (χ4v) is 3.04. The maximum Gasteiger partial charge on any atom is 0.255 e. The molecule has 140 valence electrons.